The first-order valence-corrected chi connectivity index (χ1v) is 7.55. The third kappa shape index (κ3) is 4.16. The van der Waals surface area contributed by atoms with Gasteiger partial charge in [0.2, 0.25) is 0 Å². The molecule has 0 bridgehead atoms. The minimum Gasteiger partial charge on any atom is -0.398 e. The average molecular weight is 294 g/mol. The summed E-state index contributed by atoms with van der Waals surface area (Å²) in [4.78, 5) is 0. The molecule has 19 heavy (non-hydrogen) atoms. The van der Waals surface area contributed by atoms with Crippen LogP contribution in [0.4, 0.5) is 5.69 Å². The number of nitrogen functional groups attached to an aromatic ring is 1. The Hall–Kier alpha value is -1.16. The van der Waals surface area contributed by atoms with Crippen molar-refractivity contribution in [3.05, 3.63) is 64.7 Å². The van der Waals surface area contributed by atoms with Crippen molar-refractivity contribution in [3.63, 3.8) is 0 Å². The molecule has 100 valence electrons. The Bertz CT molecular complexity index is 530. The fourth-order valence-electron chi connectivity index (χ4n) is 1.77. The molecular weight excluding hydrogens is 278 g/mol. The molecule has 0 aliphatic rings. The van der Waals surface area contributed by atoms with Crippen molar-refractivity contribution in [1.82, 2.24) is 0 Å². The van der Waals surface area contributed by atoms with E-state index in [1.807, 2.05) is 48.5 Å². The predicted molar refractivity (Wildman–Crippen MR) is 83.4 cm³/mol. The lowest BCUT2D eigenvalue weighted by Crippen LogP contribution is -2.04. The second kappa shape index (κ2) is 6.85. The Morgan fingerprint density at radius 2 is 1.79 bits per heavy atom. The molecule has 0 amide bonds. The Kier molecular flexibility index (Phi) is 5.14. The van der Waals surface area contributed by atoms with Crippen LogP contribution in [-0.4, -0.2) is 10.9 Å². The molecule has 0 saturated heterocycles. The van der Waals surface area contributed by atoms with Crippen molar-refractivity contribution in [2.75, 3.05) is 11.5 Å². The van der Waals surface area contributed by atoms with Crippen LogP contribution in [0.2, 0.25) is 5.02 Å². The first-order chi connectivity index (χ1) is 9.16. The average Bonchev–Trinajstić information content (AvgIpc) is 2.41. The number of thioether (sulfide) groups is 1. The Balaban J connectivity index is 1.86. The summed E-state index contributed by atoms with van der Waals surface area (Å²) in [6.45, 7) is 0. The lowest BCUT2D eigenvalue weighted by Gasteiger charge is -2.13. The van der Waals surface area contributed by atoms with Crippen molar-refractivity contribution in [1.29, 1.82) is 0 Å². The van der Waals surface area contributed by atoms with Gasteiger partial charge in [0.1, 0.15) is 0 Å². The zero-order valence-corrected chi connectivity index (χ0v) is 12.0. The van der Waals surface area contributed by atoms with Crippen molar-refractivity contribution >= 4 is 29.1 Å². The zero-order valence-electron chi connectivity index (χ0n) is 10.4. The van der Waals surface area contributed by atoms with E-state index in [2.05, 4.69) is 0 Å². The predicted octanol–water partition coefficient (Wildman–Crippen LogP) is 3.89. The molecule has 4 heteroatoms. The normalized spacial score (nSPS) is 12.3. The smallest absolute Gasteiger partial charge is 0.0900 e. The quantitative estimate of drug-likeness (QED) is 0.822. The van der Waals surface area contributed by atoms with Crippen LogP contribution in [0.25, 0.3) is 0 Å². The molecule has 2 rings (SSSR count). The monoisotopic (exact) mass is 293 g/mol. The highest BCUT2D eigenvalue weighted by molar-refractivity contribution is 7.98. The van der Waals surface area contributed by atoms with Gasteiger partial charge in [0.05, 0.1) is 6.10 Å². The Labute approximate surface area is 122 Å². The van der Waals surface area contributed by atoms with Gasteiger partial charge in [-0.05, 0) is 23.8 Å². The number of nitrogens with two attached hydrogens (primary N) is 1. The van der Waals surface area contributed by atoms with E-state index in [4.69, 9.17) is 17.3 Å². The van der Waals surface area contributed by atoms with Crippen molar-refractivity contribution in [2.24, 2.45) is 0 Å². The molecular formula is C15H16ClNOS. The fraction of sp³-hybridized carbons (Fsp3) is 0.200. The van der Waals surface area contributed by atoms with Crippen LogP contribution in [0.3, 0.4) is 0 Å². The summed E-state index contributed by atoms with van der Waals surface area (Å²) in [5.74, 6) is 1.47. The number of aliphatic hydroxyl groups excluding tert-OH is 1. The molecule has 0 radical (unpaired) electrons. The van der Waals surface area contributed by atoms with Gasteiger partial charge in [0.15, 0.2) is 0 Å². The molecule has 0 aliphatic heterocycles. The summed E-state index contributed by atoms with van der Waals surface area (Å²) in [6, 6.07) is 15.2. The third-order valence-corrected chi connectivity index (χ3v) is 4.15. The molecule has 1 unspecified atom stereocenters. The second-order valence-corrected chi connectivity index (χ2v) is 5.75. The third-order valence-electron chi connectivity index (χ3n) is 2.81. The molecule has 2 nitrogen and oxygen atoms in total. The zero-order chi connectivity index (χ0) is 13.7. The minimum absolute atomic E-state index is 0.529. The Morgan fingerprint density at radius 1 is 1.11 bits per heavy atom. The Morgan fingerprint density at radius 3 is 2.47 bits per heavy atom. The highest BCUT2D eigenvalue weighted by Gasteiger charge is 2.10. The molecule has 2 aromatic rings. The van der Waals surface area contributed by atoms with Gasteiger partial charge in [-0.3, -0.25) is 0 Å². The molecule has 2 aromatic carbocycles. The summed E-state index contributed by atoms with van der Waals surface area (Å²) in [7, 11) is 0. The van der Waals surface area contributed by atoms with Crippen molar-refractivity contribution < 1.29 is 5.11 Å². The van der Waals surface area contributed by atoms with Gasteiger partial charge in [0.25, 0.3) is 0 Å². The number of halogens is 1. The first kappa shape index (κ1) is 14.3. The van der Waals surface area contributed by atoms with E-state index in [1.165, 1.54) is 5.56 Å². The molecule has 1 atom stereocenters. The number of para-hydroxylation sites is 1. The standard InChI is InChI=1S/C15H16ClNOS/c16-12-7-5-11(6-8-12)9-19-10-15(18)13-3-1-2-4-14(13)17/h1-8,15,18H,9-10,17H2. The van der Waals surface area contributed by atoms with Crippen LogP contribution >= 0.6 is 23.4 Å². The van der Waals surface area contributed by atoms with Gasteiger partial charge in [-0.1, -0.05) is 41.9 Å². The van der Waals surface area contributed by atoms with Crippen molar-refractivity contribution in [3.8, 4) is 0 Å². The van der Waals surface area contributed by atoms with Crippen LogP contribution in [0, 0.1) is 0 Å². The van der Waals surface area contributed by atoms with Gasteiger partial charge < -0.3 is 10.8 Å². The highest BCUT2D eigenvalue weighted by Crippen LogP contribution is 2.25. The number of hydrogen-bond acceptors (Lipinski definition) is 3. The largest absolute Gasteiger partial charge is 0.398 e. The minimum atomic E-state index is -0.529. The van der Waals surface area contributed by atoms with Crippen LogP contribution in [0.1, 0.15) is 17.2 Å². The molecule has 0 aliphatic carbocycles. The van der Waals surface area contributed by atoms with Crippen molar-refractivity contribution in [2.45, 2.75) is 11.9 Å². The highest BCUT2D eigenvalue weighted by atomic mass is 35.5. The number of aliphatic hydroxyl groups is 1. The van der Waals surface area contributed by atoms with E-state index in [-0.39, 0.29) is 0 Å². The van der Waals surface area contributed by atoms with E-state index < -0.39 is 6.10 Å². The van der Waals surface area contributed by atoms with Gasteiger partial charge in [-0.15, -0.1) is 0 Å². The number of hydrogen-bond donors (Lipinski definition) is 2. The summed E-state index contributed by atoms with van der Waals surface area (Å²) in [6.07, 6.45) is -0.529. The number of rotatable bonds is 5. The van der Waals surface area contributed by atoms with E-state index >= 15 is 0 Å². The molecule has 0 saturated carbocycles. The maximum atomic E-state index is 10.1. The van der Waals surface area contributed by atoms with E-state index in [0.29, 0.717) is 11.4 Å². The topological polar surface area (TPSA) is 46.2 Å². The molecule has 0 fully saturated rings. The summed E-state index contributed by atoms with van der Waals surface area (Å²) in [5.41, 5.74) is 8.47. The first-order valence-electron chi connectivity index (χ1n) is 6.01. The second-order valence-electron chi connectivity index (χ2n) is 4.29. The molecule has 0 aromatic heterocycles. The van der Waals surface area contributed by atoms with E-state index in [9.17, 15) is 5.11 Å². The van der Waals surface area contributed by atoms with Crippen LogP contribution in [0.15, 0.2) is 48.5 Å². The molecule has 0 heterocycles. The van der Waals surface area contributed by atoms with E-state index in [1.54, 1.807) is 11.8 Å². The van der Waals surface area contributed by atoms with Gasteiger partial charge >= 0.3 is 0 Å². The maximum absolute atomic E-state index is 10.1. The maximum Gasteiger partial charge on any atom is 0.0900 e. The summed E-state index contributed by atoms with van der Waals surface area (Å²) < 4.78 is 0. The number of anilines is 1. The van der Waals surface area contributed by atoms with Gasteiger partial charge in [-0.25, -0.2) is 0 Å². The van der Waals surface area contributed by atoms with Gasteiger partial charge in [0, 0.05) is 27.8 Å². The fourth-order valence-corrected chi connectivity index (χ4v) is 2.85. The SMILES string of the molecule is Nc1ccccc1C(O)CSCc1ccc(Cl)cc1. The van der Waals surface area contributed by atoms with E-state index in [0.717, 1.165) is 16.3 Å². The van der Waals surface area contributed by atoms with Crippen LogP contribution < -0.4 is 5.73 Å². The van der Waals surface area contributed by atoms with Gasteiger partial charge in [-0.2, -0.15) is 11.8 Å². The lowest BCUT2D eigenvalue weighted by molar-refractivity contribution is 0.205. The summed E-state index contributed by atoms with van der Waals surface area (Å²) in [5, 5.41) is 10.8. The lowest BCUT2D eigenvalue weighted by atomic mass is 10.1. The number of benzene rings is 2. The van der Waals surface area contributed by atoms with Crippen LogP contribution in [-0.2, 0) is 5.75 Å². The molecule has 0 spiro atoms. The summed E-state index contributed by atoms with van der Waals surface area (Å²) >= 11 is 7.51. The molecule has 3 N–H and O–H groups in total. The van der Waals surface area contributed by atoms with Crippen LogP contribution in [0.5, 0.6) is 0 Å².